The van der Waals surface area contributed by atoms with E-state index >= 15 is 0 Å². The van der Waals surface area contributed by atoms with Gasteiger partial charge >= 0.3 is 0 Å². The smallest absolute Gasteiger partial charge is 0.276 e. The van der Waals surface area contributed by atoms with Crippen molar-refractivity contribution in [3.63, 3.8) is 0 Å². The summed E-state index contributed by atoms with van der Waals surface area (Å²) in [5, 5.41) is 8.44. The quantitative estimate of drug-likeness (QED) is 0.678. The van der Waals surface area contributed by atoms with Gasteiger partial charge in [0.25, 0.3) is 5.91 Å². The van der Waals surface area contributed by atoms with Crippen LogP contribution in [0.25, 0.3) is 5.69 Å². The highest BCUT2D eigenvalue weighted by atomic mass is 79.9. The Bertz CT molecular complexity index is 883. The van der Waals surface area contributed by atoms with Crippen LogP contribution in [0.3, 0.4) is 0 Å². The van der Waals surface area contributed by atoms with E-state index in [-0.39, 0.29) is 5.91 Å². The molecule has 0 saturated carbocycles. The summed E-state index contributed by atoms with van der Waals surface area (Å²) in [7, 11) is 0. The summed E-state index contributed by atoms with van der Waals surface area (Å²) >= 11 is 3.48. The minimum Gasteiger partial charge on any atom is -0.373 e. The lowest BCUT2D eigenvalue weighted by atomic mass is 9.95. The van der Waals surface area contributed by atoms with Crippen molar-refractivity contribution in [1.29, 1.82) is 0 Å². The molecule has 2 unspecified atom stereocenters. The maximum Gasteiger partial charge on any atom is 0.276 e. The molecule has 30 heavy (non-hydrogen) atoms. The first-order chi connectivity index (χ1) is 14.4. The molecule has 1 amide bonds. The third kappa shape index (κ3) is 4.76. The molecule has 2 aliphatic rings. The molecule has 0 N–H and O–H groups in total. The summed E-state index contributed by atoms with van der Waals surface area (Å²) in [6, 6.07) is 7.83. The van der Waals surface area contributed by atoms with Crippen LogP contribution in [0.15, 0.2) is 28.7 Å². The van der Waals surface area contributed by atoms with E-state index in [0.29, 0.717) is 23.8 Å². The number of likely N-dealkylation sites (tertiary alicyclic amines) is 1. The van der Waals surface area contributed by atoms with E-state index in [1.54, 1.807) is 4.68 Å². The normalized spacial score (nSPS) is 23.7. The summed E-state index contributed by atoms with van der Waals surface area (Å²) in [6.07, 6.45) is 2.66. The number of hydrogen-bond donors (Lipinski definition) is 0. The topological polar surface area (TPSA) is 63.5 Å². The molecule has 2 saturated heterocycles. The van der Waals surface area contributed by atoms with Crippen molar-refractivity contribution in [1.82, 2.24) is 24.8 Å². The van der Waals surface area contributed by atoms with Gasteiger partial charge in [0.05, 0.1) is 23.6 Å². The number of ether oxygens (including phenoxy) is 1. The van der Waals surface area contributed by atoms with E-state index in [4.69, 9.17) is 4.74 Å². The Morgan fingerprint density at radius 3 is 2.57 bits per heavy atom. The number of piperidine rings is 1. The van der Waals surface area contributed by atoms with Gasteiger partial charge in [0.2, 0.25) is 0 Å². The van der Waals surface area contributed by atoms with Crippen LogP contribution >= 0.6 is 15.9 Å². The highest BCUT2D eigenvalue weighted by Crippen LogP contribution is 2.23. The van der Waals surface area contributed by atoms with Gasteiger partial charge in [-0.25, -0.2) is 4.68 Å². The number of aromatic nitrogens is 3. The van der Waals surface area contributed by atoms with E-state index in [1.807, 2.05) is 36.1 Å². The summed E-state index contributed by atoms with van der Waals surface area (Å²) in [6.45, 7) is 10.9. The van der Waals surface area contributed by atoms with Gasteiger partial charge in [-0.05, 0) is 57.7 Å². The summed E-state index contributed by atoms with van der Waals surface area (Å²) in [4.78, 5) is 17.5. The van der Waals surface area contributed by atoms with E-state index in [9.17, 15) is 4.79 Å². The first-order valence-electron chi connectivity index (χ1n) is 10.8. The fourth-order valence-corrected chi connectivity index (χ4v) is 5.03. The van der Waals surface area contributed by atoms with Gasteiger partial charge in [0.15, 0.2) is 5.69 Å². The summed E-state index contributed by atoms with van der Waals surface area (Å²) in [5.74, 6) is 0.616. The largest absolute Gasteiger partial charge is 0.373 e. The van der Waals surface area contributed by atoms with Crippen LogP contribution in [0.2, 0.25) is 0 Å². The molecule has 2 atom stereocenters. The van der Waals surface area contributed by atoms with Gasteiger partial charge in [0, 0.05) is 37.2 Å². The van der Waals surface area contributed by atoms with E-state index in [1.165, 1.54) is 0 Å². The zero-order valence-corrected chi connectivity index (χ0v) is 19.5. The Morgan fingerprint density at radius 2 is 1.90 bits per heavy atom. The Kier molecular flexibility index (Phi) is 6.55. The van der Waals surface area contributed by atoms with Crippen LogP contribution in [0.5, 0.6) is 0 Å². The molecule has 4 rings (SSSR count). The molecule has 3 heterocycles. The number of rotatable bonds is 4. The second-order valence-corrected chi connectivity index (χ2v) is 9.54. The molecule has 0 aliphatic carbocycles. The summed E-state index contributed by atoms with van der Waals surface area (Å²) in [5.41, 5.74) is 2.11. The molecule has 0 spiro atoms. The summed E-state index contributed by atoms with van der Waals surface area (Å²) < 4.78 is 8.54. The van der Waals surface area contributed by atoms with Crippen LogP contribution in [0.1, 0.15) is 42.9 Å². The minimum atomic E-state index is -0.0131. The van der Waals surface area contributed by atoms with Crippen molar-refractivity contribution in [3.05, 3.63) is 40.1 Å². The van der Waals surface area contributed by atoms with Crippen LogP contribution < -0.4 is 0 Å². The Balaban J connectivity index is 1.36. The molecule has 0 radical (unpaired) electrons. The monoisotopic (exact) mass is 475 g/mol. The Hall–Kier alpha value is -1.77. The predicted molar refractivity (Wildman–Crippen MR) is 119 cm³/mol. The SMILES string of the molecule is Cc1c(C(=O)N2CCC(CN3CC(C)OC(C)C3)CC2)nnn1-c1cccc(Br)c1. The Morgan fingerprint density at radius 1 is 1.20 bits per heavy atom. The number of benzene rings is 1. The first-order valence-corrected chi connectivity index (χ1v) is 11.6. The van der Waals surface area contributed by atoms with Crippen LogP contribution in [0.4, 0.5) is 0 Å². The van der Waals surface area contributed by atoms with Gasteiger partial charge in [-0.1, -0.05) is 27.2 Å². The molecule has 0 bridgehead atoms. The van der Waals surface area contributed by atoms with Crippen LogP contribution in [0, 0.1) is 12.8 Å². The molecule has 2 aromatic rings. The molecule has 2 fully saturated rings. The number of halogens is 1. The predicted octanol–water partition coefficient (Wildman–Crippen LogP) is 3.30. The van der Waals surface area contributed by atoms with Gasteiger partial charge in [-0.2, -0.15) is 0 Å². The standard InChI is InChI=1S/C22H30BrN5O2/c1-15-12-26(13-16(2)30-15)14-18-7-9-27(10-8-18)22(29)21-17(3)28(25-24-21)20-6-4-5-19(23)11-20/h4-6,11,15-16,18H,7-10,12-14H2,1-3H3. The van der Waals surface area contributed by atoms with Crippen molar-refractivity contribution in [2.24, 2.45) is 5.92 Å². The number of nitrogens with zero attached hydrogens (tertiary/aromatic N) is 5. The number of amides is 1. The third-order valence-corrected chi connectivity index (χ3v) is 6.56. The van der Waals surface area contributed by atoms with Crippen LogP contribution in [-0.2, 0) is 4.74 Å². The van der Waals surface area contributed by atoms with Gasteiger partial charge in [-0.3, -0.25) is 9.69 Å². The molecule has 7 nitrogen and oxygen atoms in total. The Labute approximate surface area is 186 Å². The lowest BCUT2D eigenvalue weighted by Gasteiger charge is -2.39. The number of carbonyl (C=O) groups is 1. The lowest BCUT2D eigenvalue weighted by molar-refractivity contribution is -0.0728. The molecule has 1 aromatic heterocycles. The molecular formula is C22H30BrN5O2. The lowest BCUT2D eigenvalue weighted by Crippen LogP contribution is -2.48. The van der Waals surface area contributed by atoms with Crippen molar-refractivity contribution in [3.8, 4) is 5.69 Å². The number of carbonyl (C=O) groups excluding carboxylic acids is 1. The zero-order valence-electron chi connectivity index (χ0n) is 17.9. The minimum absolute atomic E-state index is 0.0131. The number of hydrogen-bond acceptors (Lipinski definition) is 5. The molecule has 162 valence electrons. The van der Waals surface area contributed by atoms with E-state index < -0.39 is 0 Å². The number of morpholine rings is 1. The van der Waals surface area contributed by atoms with Gasteiger partial charge in [-0.15, -0.1) is 5.10 Å². The molecule has 2 aliphatic heterocycles. The van der Waals surface area contributed by atoms with Crippen molar-refractivity contribution in [2.45, 2.75) is 45.8 Å². The van der Waals surface area contributed by atoms with Crippen LogP contribution in [-0.4, -0.2) is 75.6 Å². The molecule has 1 aromatic carbocycles. The van der Waals surface area contributed by atoms with Crippen molar-refractivity contribution < 1.29 is 9.53 Å². The second-order valence-electron chi connectivity index (χ2n) is 8.63. The average molecular weight is 476 g/mol. The maximum absolute atomic E-state index is 13.1. The van der Waals surface area contributed by atoms with E-state index in [2.05, 4.69) is 45.0 Å². The highest BCUT2D eigenvalue weighted by Gasteiger charge is 2.30. The zero-order chi connectivity index (χ0) is 21.3. The molecule has 8 heteroatoms. The van der Waals surface area contributed by atoms with Gasteiger partial charge < -0.3 is 9.64 Å². The fraction of sp³-hybridized carbons (Fsp3) is 0.591. The van der Waals surface area contributed by atoms with Crippen molar-refractivity contribution >= 4 is 21.8 Å². The molecular weight excluding hydrogens is 446 g/mol. The third-order valence-electron chi connectivity index (χ3n) is 6.06. The van der Waals surface area contributed by atoms with E-state index in [0.717, 1.165) is 61.4 Å². The maximum atomic E-state index is 13.1. The van der Waals surface area contributed by atoms with Crippen molar-refractivity contribution in [2.75, 3.05) is 32.7 Å². The highest BCUT2D eigenvalue weighted by molar-refractivity contribution is 9.10. The second kappa shape index (κ2) is 9.16. The van der Waals surface area contributed by atoms with Gasteiger partial charge in [0.1, 0.15) is 0 Å². The first kappa shape index (κ1) is 21.5. The fourth-order valence-electron chi connectivity index (χ4n) is 4.65. The average Bonchev–Trinajstić information content (AvgIpc) is 3.08.